The van der Waals surface area contributed by atoms with E-state index in [1.165, 1.54) is 4.57 Å². The normalized spacial score (nSPS) is 16.5. The van der Waals surface area contributed by atoms with Crippen molar-refractivity contribution in [2.45, 2.75) is 66.0 Å². The van der Waals surface area contributed by atoms with Crippen LogP contribution in [-0.2, 0) is 4.74 Å². The van der Waals surface area contributed by atoms with Crippen LogP contribution >= 0.6 is 11.6 Å². The minimum absolute atomic E-state index is 0.0576. The molecule has 1 fully saturated rings. The smallest absolute Gasteiger partial charge is 0.410 e. The van der Waals surface area contributed by atoms with E-state index in [-0.39, 0.29) is 34.0 Å². The Bertz CT molecular complexity index is 1420. The molecular weight excluding hydrogens is 497 g/mol. The summed E-state index contributed by atoms with van der Waals surface area (Å²) in [6, 6.07) is 6.64. The Morgan fingerprint density at radius 2 is 1.92 bits per heavy atom. The minimum Gasteiger partial charge on any atom is -0.444 e. The van der Waals surface area contributed by atoms with Gasteiger partial charge in [-0.15, -0.1) is 0 Å². The van der Waals surface area contributed by atoms with Crippen LogP contribution in [-0.4, -0.2) is 56.8 Å². The van der Waals surface area contributed by atoms with Crippen LogP contribution in [0.2, 0.25) is 5.15 Å². The Kier molecular flexibility index (Phi) is 7.21. The van der Waals surface area contributed by atoms with Gasteiger partial charge in [-0.3, -0.25) is 0 Å². The van der Waals surface area contributed by atoms with Crippen molar-refractivity contribution in [3.63, 3.8) is 0 Å². The summed E-state index contributed by atoms with van der Waals surface area (Å²) in [5, 5.41) is 0.0531. The van der Waals surface area contributed by atoms with Crippen LogP contribution in [0.4, 0.5) is 15.0 Å². The number of ether oxygens (including phenoxy) is 1. The number of halogens is 2. The van der Waals surface area contributed by atoms with Gasteiger partial charge in [0, 0.05) is 31.7 Å². The molecule has 1 amide bonds. The number of amides is 1. The predicted octanol–water partition coefficient (Wildman–Crippen LogP) is 5.45. The zero-order valence-corrected chi connectivity index (χ0v) is 23.1. The van der Waals surface area contributed by atoms with Crippen molar-refractivity contribution in [1.29, 1.82) is 0 Å². The lowest BCUT2D eigenvalue weighted by atomic mass is 9.98. The number of anilines is 1. The van der Waals surface area contributed by atoms with Crippen molar-refractivity contribution in [3.05, 3.63) is 56.8 Å². The minimum atomic E-state index is -0.618. The summed E-state index contributed by atoms with van der Waals surface area (Å²) in [6.45, 7) is 14.3. The third kappa shape index (κ3) is 5.28. The summed E-state index contributed by atoms with van der Waals surface area (Å²) in [7, 11) is 0. The molecule has 37 heavy (non-hydrogen) atoms. The van der Waals surface area contributed by atoms with E-state index in [2.05, 4.69) is 9.97 Å². The van der Waals surface area contributed by atoms with E-state index in [4.69, 9.17) is 16.3 Å². The fraction of sp³-hybridized carbons (Fsp3) is 0.481. The van der Waals surface area contributed by atoms with Gasteiger partial charge in [-0.1, -0.05) is 43.6 Å². The van der Waals surface area contributed by atoms with Crippen LogP contribution in [0.3, 0.4) is 0 Å². The average molecular weight is 530 g/mol. The molecule has 1 aliphatic rings. The number of nitrogens with zero attached hydrogens (tertiary/aromatic N) is 5. The lowest BCUT2D eigenvalue weighted by Gasteiger charge is -2.41. The number of rotatable bonds is 3. The maximum atomic E-state index is 15.6. The summed E-state index contributed by atoms with van der Waals surface area (Å²) in [6.07, 6.45) is -0.410. The van der Waals surface area contributed by atoms with Crippen molar-refractivity contribution in [3.8, 4) is 5.69 Å². The quantitative estimate of drug-likeness (QED) is 0.420. The van der Waals surface area contributed by atoms with E-state index in [1.54, 1.807) is 4.90 Å². The van der Waals surface area contributed by atoms with Crippen molar-refractivity contribution < 1.29 is 13.9 Å². The molecule has 198 valence electrons. The molecule has 8 nitrogen and oxygen atoms in total. The van der Waals surface area contributed by atoms with Crippen molar-refractivity contribution in [2.24, 2.45) is 0 Å². The van der Waals surface area contributed by atoms with Gasteiger partial charge in [-0.2, -0.15) is 4.98 Å². The monoisotopic (exact) mass is 529 g/mol. The number of aromatic nitrogens is 3. The number of carbonyl (C=O) groups is 1. The molecule has 0 unspecified atom stereocenters. The fourth-order valence-electron chi connectivity index (χ4n) is 4.76. The van der Waals surface area contributed by atoms with E-state index in [0.717, 1.165) is 17.2 Å². The number of aryl methyl sites for hydroxylation is 1. The van der Waals surface area contributed by atoms with Gasteiger partial charge in [0.05, 0.1) is 11.1 Å². The van der Waals surface area contributed by atoms with Crippen molar-refractivity contribution in [2.75, 3.05) is 24.5 Å². The molecular formula is C27H33ClFN5O3. The van der Waals surface area contributed by atoms with Crippen LogP contribution in [0, 0.1) is 12.7 Å². The number of benzene rings is 1. The lowest BCUT2D eigenvalue weighted by molar-refractivity contribution is 0.0218. The van der Waals surface area contributed by atoms with Crippen LogP contribution in [0.5, 0.6) is 0 Å². The van der Waals surface area contributed by atoms with E-state index in [9.17, 15) is 9.59 Å². The van der Waals surface area contributed by atoms with Gasteiger partial charge in [0.25, 0.3) is 0 Å². The number of para-hydroxylation sites is 1. The Hall–Kier alpha value is -3.20. The number of piperazine rings is 1. The molecule has 3 heterocycles. The van der Waals surface area contributed by atoms with Gasteiger partial charge < -0.3 is 14.5 Å². The molecule has 0 N–H and O–H groups in total. The maximum absolute atomic E-state index is 15.6. The number of hydrogen-bond acceptors (Lipinski definition) is 6. The first-order valence-electron chi connectivity index (χ1n) is 12.4. The first kappa shape index (κ1) is 26.9. The predicted molar refractivity (Wildman–Crippen MR) is 144 cm³/mol. The molecule has 0 radical (unpaired) electrons. The summed E-state index contributed by atoms with van der Waals surface area (Å²) < 4.78 is 22.4. The van der Waals surface area contributed by atoms with Crippen LogP contribution in [0.25, 0.3) is 16.7 Å². The fourth-order valence-corrected chi connectivity index (χ4v) is 4.93. The zero-order chi connectivity index (χ0) is 27.2. The van der Waals surface area contributed by atoms with Gasteiger partial charge in [-0.25, -0.2) is 23.5 Å². The Labute approximate surface area is 221 Å². The highest BCUT2D eigenvalue weighted by Gasteiger charge is 2.33. The molecule has 4 rings (SSSR count). The highest BCUT2D eigenvalue weighted by molar-refractivity contribution is 6.29. The summed E-state index contributed by atoms with van der Waals surface area (Å²) >= 11 is 6.19. The Morgan fingerprint density at radius 1 is 1.22 bits per heavy atom. The molecule has 3 aromatic rings. The number of hydrogen-bond donors (Lipinski definition) is 0. The molecule has 0 bridgehead atoms. The van der Waals surface area contributed by atoms with E-state index < -0.39 is 23.2 Å². The van der Waals surface area contributed by atoms with Gasteiger partial charge in [0.2, 0.25) is 0 Å². The van der Waals surface area contributed by atoms with E-state index >= 15 is 4.39 Å². The molecule has 1 atom stereocenters. The molecule has 1 aliphatic heterocycles. The SMILES string of the molecule is Cc1cccc(C(C)C)c1-n1c(=O)nc(N2CCN(C(=O)OC(C)(C)C)C[C@@H]2C)c2c(F)cc(Cl)nc21. The second-order valence-electron chi connectivity index (χ2n) is 10.8. The van der Waals surface area contributed by atoms with Gasteiger partial charge in [0.15, 0.2) is 5.65 Å². The number of pyridine rings is 1. The standard InChI is InChI=1S/C27H33ClFN5O3/c1-15(2)18-10-8-9-16(3)22(18)34-24-21(19(29)13-20(28)30-24)23(31-25(34)35)33-12-11-32(14-17(33)4)26(36)37-27(5,6)7/h8-10,13,15,17H,11-12,14H2,1-7H3/t17-/m0/s1. The van der Waals surface area contributed by atoms with Crippen LogP contribution in [0.1, 0.15) is 58.6 Å². The molecule has 0 aliphatic carbocycles. The maximum Gasteiger partial charge on any atom is 0.410 e. The summed E-state index contributed by atoms with van der Waals surface area (Å²) in [5.74, 6) is -0.330. The molecule has 1 aromatic carbocycles. The highest BCUT2D eigenvalue weighted by atomic mass is 35.5. The Morgan fingerprint density at radius 3 is 2.54 bits per heavy atom. The van der Waals surface area contributed by atoms with E-state index in [0.29, 0.717) is 25.3 Å². The van der Waals surface area contributed by atoms with Gasteiger partial charge >= 0.3 is 11.8 Å². The number of fused-ring (bicyclic) bond motifs is 1. The second kappa shape index (κ2) is 9.93. The first-order chi connectivity index (χ1) is 17.3. The molecule has 1 saturated heterocycles. The van der Waals surface area contributed by atoms with Gasteiger partial charge in [-0.05, 0) is 51.7 Å². The largest absolute Gasteiger partial charge is 0.444 e. The molecule has 0 spiro atoms. The van der Waals surface area contributed by atoms with Crippen LogP contribution < -0.4 is 10.6 Å². The van der Waals surface area contributed by atoms with E-state index in [1.807, 2.05) is 71.6 Å². The van der Waals surface area contributed by atoms with Crippen molar-refractivity contribution in [1.82, 2.24) is 19.4 Å². The van der Waals surface area contributed by atoms with Gasteiger partial charge in [0.1, 0.15) is 22.4 Å². The average Bonchev–Trinajstić information content (AvgIpc) is 2.77. The molecule has 2 aromatic heterocycles. The third-order valence-corrected chi connectivity index (χ3v) is 6.61. The highest BCUT2D eigenvalue weighted by Crippen LogP contribution is 2.33. The Balaban J connectivity index is 1.86. The van der Waals surface area contributed by atoms with Crippen molar-refractivity contribution >= 4 is 34.5 Å². The molecule has 0 saturated carbocycles. The third-order valence-electron chi connectivity index (χ3n) is 6.42. The summed E-state index contributed by atoms with van der Waals surface area (Å²) in [5.41, 5.74) is 1.30. The lowest BCUT2D eigenvalue weighted by Crippen LogP contribution is -2.55. The molecule has 10 heteroatoms. The van der Waals surface area contributed by atoms with Crippen LogP contribution in [0.15, 0.2) is 29.1 Å². The summed E-state index contributed by atoms with van der Waals surface area (Å²) in [4.78, 5) is 38.5. The zero-order valence-electron chi connectivity index (χ0n) is 22.3. The topological polar surface area (TPSA) is 80.6 Å². The number of carbonyl (C=O) groups excluding carboxylic acids is 1. The second-order valence-corrected chi connectivity index (χ2v) is 11.2. The first-order valence-corrected chi connectivity index (χ1v) is 12.8.